The molecule has 0 spiro atoms. The molecule has 4 nitrogen and oxygen atoms in total. The monoisotopic (exact) mass is 375 g/mol. The van der Waals surface area contributed by atoms with E-state index in [1.54, 1.807) is 42.7 Å². The van der Waals surface area contributed by atoms with E-state index in [0.717, 1.165) is 17.7 Å². The second-order valence-corrected chi connectivity index (χ2v) is 5.87. The summed E-state index contributed by atoms with van der Waals surface area (Å²) >= 11 is 0. The highest BCUT2D eigenvalue weighted by Gasteiger charge is 2.34. The van der Waals surface area contributed by atoms with Crippen LogP contribution < -0.4 is 5.32 Å². The van der Waals surface area contributed by atoms with Gasteiger partial charge in [-0.25, -0.2) is 0 Å². The number of hydrogen-bond acceptors (Lipinski definition) is 3. The molecular weight excluding hydrogens is 359 g/mol. The van der Waals surface area contributed by atoms with Crippen molar-refractivity contribution in [3.05, 3.63) is 83.6 Å². The Balaban J connectivity index is 1.66. The first-order chi connectivity index (χ1) is 12.9. The summed E-state index contributed by atoms with van der Waals surface area (Å²) in [6.45, 7) is -0.217. The molecule has 0 radical (unpaired) electrons. The van der Waals surface area contributed by atoms with Crippen LogP contribution in [0.15, 0.2) is 71.3 Å². The van der Waals surface area contributed by atoms with Crippen LogP contribution in [0.2, 0.25) is 0 Å². The van der Waals surface area contributed by atoms with Gasteiger partial charge in [-0.1, -0.05) is 36.4 Å². The van der Waals surface area contributed by atoms with Gasteiger partial charge in [0.1, 0.15) is 5.76 Å². The third-order valence-corrected chi connectivity index (χ3v) is 4.03. The molecule has 7 heteroatoms. The molecule has 0 fully saturated rings. The first-order valence-corrected chi connectivity index (χ1v) is 8.12. The largest absolute Gasteiger partial charge is 0.464 e. The molecule has 2 aromatic carbocycles. The van der Waals surface area contributed by atoms with Gasteiger partial charge in [0, 0.05) is 12.1 Å². The summed E-state index contributed by atoms with van der Waals surface area (Å²) < 4.78 is 44.2. The molecular formula is C20H16F3NO3. The number of nitrogens with one attached hydrogen (secondary N) is 1. The fourth-order valence-corrected chi connectivity index (χ4v) is 2.64. The molecule has 0 saturated heterocycles. The van der Waals surface area contributed by atoms with Crippen molar-refractivity contribution < 1.29 is 27.5 Å². The van der Waals surface area contributed by atoms with Gasteiger partial charge >= 0.3 is 6.18 Å². The van der Waals surface area contributed by atoms with Gasteiger partial charge in [-0.2, -0.15) is 13.2 Å². The molecule has 140 valence electrons. The lowest BCUT2D eigenvalue weighted by Gasteiger charge is -2.15. The van der Waals surface area contributed by atoms with E-state index in [1.165, 1.54) is 12.1 Å². The third-order valence-electron chi connectivity index (χ3n) is 4.03. The topological polar surface area (TPSA) is 62.5 Å². The number of hydrogen-bond donors (Lipinski definition) is 2. The Morgan fingerprint density at radius 1 is 1.04 bits per heavy atom. The van der Waals surface area contributed by atoms with E-state index in [0.29, 0.717) is 11.3 Å². The quantitative estimate of drug-likeness (QED) is 0.694. The van der Waals surface area contributed by atoms with Crippen molar-refractivity contribution in [3.63, 3.8) is 0 Å². The van der Waals surface area contributed by atoms with Gasteiger partial charge in [0.2, 0.25) is 0 Å². The Hall–Kier alpha value is -3.06. The normalized spacial score (nSPS) is 12.6. The van der Waals surface area contributed by atoms with Gasteiger partial charge in [0.25, 0.3) is 5.91 Å². The molecule has 1 atom stereocenters. The van der Waals surface area contributed by atoms with Crippen LogP contribution in [0.25, 0.3) is 11.3 Å². The lowest BCUT2D eigenvalue weighted by Crippen LogP contribution is -2.30. The number of halogens is 3. The zero-order valence-corrected chi connectivity index (χ0v) is 14.0. The SMILES string of the molecule is O=C(NCC(O)c1ccc(-c2ccco2)cc1)c1ccccc1C(F)(F)F. The lowest BCUT2D eigenvalue weighted by atomic mass is 10.0. The Labute approximate surface area is 153 Å². The number of alkyl halides is 3. The third kappa shape index (κ3) is 4.38. The molecule has 0 bridgehead atoms. The second kappa shape index (κ2) is 7.67. The van der Waals surface area contributed by atoms with Gasteiger partial charge in [-0.05, 0) is 29.8 Å². The van der Waals surface area contributed by atoms with Crippen LogP contribution in [0, 0.1) is 0 Å². The highest BCUT2D eigenvalue weighted by molar-refractivity contribution is 5.95. The number of aliphatic hydroxyl groups is 1. The minimum absolute atomic E-state index is 0.217. The van der Waals surface area contributed by atoms with Crippen LogP contribution in [-0.2, 0) is 6.18 Å². The van der Waals surface area contributed by atoms with Crippen molar-refractivity contribution in [2.24, 2.45) is 0 Å². The van der Waals surface area contributed by atoms with Crippen molar-refractivity contribution >= 4 is 5.91 Å². The highest BCUT2D eigenvalue weighted by atomic mass is 19.4. The van der Waals surface area contributed by atoms with Crippen molar-refractivity contribution in [2.75, 3.05) is 6.54 Å². The summed E-state index contributed by atoms with van der Waals surface area (Å²) in [6, 6.07) is 14.9. The van der Waals surface area contributed by atoms with Crippen LogP contribution in [0.1, 0.15) is 27.6 Å². The fourth-order valence-electron chi connectivity index (χ4n) is 2.64. The molecule has 1 amide bonds. The number of carbonyl (C=O) groups excluding carboxylic acids is 1. The summed E-state index contributed by atoms with van der Waals surface area (Å²) in [6.07, 6.45) is -4.14. The zero-order valence-electron chi connectivity index (χ0n) is 14.0. The molecule has 1 heterocycles. The van der Waals surface area contributed by atoms with Crippen molar-refractivity contribution in [1.29, 1.82) is 0 Å². The number of benzene rings is 2. The van der Waals surface area contributed by atoms with Crippen LogP contribution in [0.5, 0.6) is 0 Å². The van der Waals surface area contributed by atoms with E-state index >= 15 is 0 Å². The Kier molecular flexibility index (Phi) is 5.32. The molecule has 1 unspecified atom stereocenters. The van der Waals surface area contributed by atoms with Crippen LogP contribution in [0.4, 0.5) is 13.2 Å². The van der Waals surface area contributed by atoms with E-state index in [9.17, 15) is 23.1 Å². The maximum absolute atomic E-state index is 13.0. The van der Waals surface area contributed by atoms with Crippen molar-refractivity contribution in [3.8, 4) is 11.3 Å². The average molecular weight is 375 g/mol. The molecule has 1 aromatic heterocycles. The number of carbonyl (C=O) groups is 1. The Morgan fingerprint density at radius 3 is 2.37 bits per heavy atom. The first-order valence-electron chi connectivity index (χ1n) is 8.12. The minimum Gasteiger partial charge on any atom is -0.464 e. The molecule has 3 rings (SSSR count). The van der Waals surface area contributed by atoms with Gasteiger partial charge in [-0.15, -0.1) is 0 Å². The maximum Gasteiger partial charge on any atom is 0.417 e. The summed E-state index contributed by atoms with van der Waals surface area (Å²) in [4.78, 5) is 12.1. The van der Waals surface area contributed by atoms with Gasteiger partial charge in [-0.3, -0.25) is 4.79 Å². The molecule has 0 aliphatic carbocycles. The molecule has 27 heavy (non-hydrogen) atoms. The Bertz CT molecular complexity index is 903. The standard InChI is InChI=1S/C20H16F3NO3/c21-20(22,23)16-5-2-1-4-15(16)19(26)24-12-17(25)13-7-9-14(10-8-13)18-6-3-11-27-18/h1-11,17,25H,12H2,(H,24,26). The fraction of sp³-hybridized carbons (Fsp3) is 0.150. The van der Waals surface area contributed by atoms with E-state index < -0.39 is 29.3 Å². The zero-order chi connectivity index (χ0) is 19.4. The van der Waals surface area contributed by atoms with E-state index in [4.69, 9.17) is 4.42 Å². The van der Waals surface area contributed by atoms with Crippen LogP contribution in [0.3, 0.4) is 0 Å². The van der Waals surface area contributed by atoms with Gasteiger partial charge in [0.15, 0.2) is 0 Å². The van der Waals surface area contributed by atoms with Gasteiger partial charge in [0.05, 0.1) is 23.5 Å². The number of furan rings is 1. The van der Waals surface area contributed by atoms with E-state index in [2.05, 4.69) is 5.32 Å². The van der Waals surface area contributed by atoms with Crippen LogP contribution in [-0.4, -0.2) is 17.6 Å². The van der Waals surface area contributed by atoms with Crippen LogP contribution >= 0.6 is 0 Å². The highest BCUT2D eigenvalue weighted by Crippen LogP contribution is 2.31. The Morgan fingerprint density at radius 2 is 1.74 bits per heavy atom. The summed E-state index contributed by atoms with van der Waals surface area (Å²) in [7, 11) is 0. The van der Waals surface area contributed by atoms with E-state index in [-0.39, 0.29) is 6.54 Å². The predicted molar refractivity (Wildman–Crippen MR) is 92.9 cm³/mol. The molecule has 0 aliphatic rings. The molecule has 0 aliphatic heterocycles. The molecule has 3 aromatic rings. The summed E-state index contributed by atoms with van der Waals surface area (Å²) in [5.41, 5.74) is -0.154. The summed E-state index contributed by atoms with van der Waals surface area (Å²) in [5, 5.41) is 12.6. The van der Waals surface area contributed by atoms with Crippen molar-refractivity contribution in [2.45, 2.75) is 12.3 Å². The molecule has 2 N–H and O–H groups in total. The second-order valence-electron chi connectivity index (χ2n) is 5.87. The smallest absolute Gasteiger partial charge is 0.417 e. The lowest BCUT2D eigenvalue weighted by molar-refractivity contribution is -0.137. The van der Waals surface area contributed by atoms with Crippen molar-refractivity contribution in [1.82, 2.24) is 5.32 Å². The summed E-state index contributed by atoms with van der Waals surface area (Å²) in [5.74, 6) is -0.220. The predicted octanol–water partition coefficient (Wildman–Crippen LogP) is 4.43. The number of rotatable bonds is 5. The first kappa shape index (κ1) is 18.7. The molecule has 0 saturated carbocycles. The minimum atomic E-state index is -4.63. The van der Waals surface area contributed by atoms with E-state index in [1.807, 2.05) is 0 Å². The average Bonchev–Trinajstić information content (AvgIpc) is 3.20. The number of amides is 1. The number of aliphatic hydroxyl groups excluding tert-OH is 1. The van der Waals surface area contributed by atoms with Gasteiger partial charge < -0.3 is 14.8 Å². The maximum atomic E-state index is 13.0.